The molecule has 0 aliphatic heterocycles. The highest BCUT2D eigenvalue weighted by molar-refractivity contribution is 6.08. The average molecular weight is 398 g/mol. The summed E-state index contributed by atoms with van der Waals surface area (Å²) in [7, 11) is 1.42. The number of aliphatic hydroxyl groups is 1. The molecule has 0 bridgehead atoms. The SMILES string of the molecule is COc1cc(/C=C(/NC(C)=O)C(=O)Nc2cccc(CO)c2)ccc1OC(C)=O. The van der Waals surface area contributed by atoms with Gasteiger partial charge in [0.15, 0.2) is 11.5 Å². The monoisotopic (exact) mass is 398 g/mol. The molecule has 29 heavy (non-hydrogen) atoms. The smallest absolute Gasteiger partial charge is 0.308 e. The van der Waals surface area contributed by atoms with Gasteiger partial charge in [-0.2, -0.15) is 0 Å². The Hall–Kier alpha value is -3.65. The Morgan fingerprint density at radius 2 is 1.83 bits per heavy atom. The number of carbonyl (C=O) groups is 3. The number of carbonyl (C=O) groups excluding carboxylic acids is 3. The van der Waals surface area contributed by atoms with Crippen molar-refractivity contribution < 1.29 is 29.0 Å². The van der Waals surface area contributed by atoms with Gasteiger partial charge in [-0.3, -0.25) is 14.4 Å². The summed E-state index contributed by atoms with van der Waals surface area (Å²) < 4.78 is 10.3. The highest BCUT2D eigenvalue weighted by atomic mass is 16.6. The molecular formula is C21H22N2O6. The normalized spacial score (nSPS) is 10.8. The molecule has 152 valence electrons. The lowest BCUT2D eigenvalue weighted by Gasteiger charge is -2.12. The zero-order chi connectivity index (χ0) is 21.4. The Balaban J connectivity index is 2.33. The van der Waals surface area contributed by atoms with Gasteiger partial charge in [-0.15, -0.1) is 0 Å². The van der Waals surface area contributed by atoms with Crippen LogP contribution in [0.2, 0.25) is 0 Å². The third-order valence-electron chi connectivity index (χ3n) is 3.68. The number of ether oxygens (including phenoxy) is 2. The molecule has 0 spiro atoms. The predicted molar refractivity (Wildman–Crippen MR) is 107 cm³/mol. The molecule has 2 rings (SSSR count). The number of hydrogen-bond donors (Lipinski definition) is 3. The van der Waals surface area contributed by atoms with Crippen LogP contribution >= 0.6 is 0 Å². The van der Waals surface area contributed by atoms with Crippen molar-refractivity contribution in [3.05, 3.63) is 59.3 Å². The van der Waals surface area contributed by atoms with Crippen molar-refractivity contribution >= 4 is 29.5 Å². The van der Waals surface area contributed by atoms with E-state index in [1.807, 2.05) is 0 Å². The summed E-state index contributed by atoms with van der Waals surface area (Å²) in [5.41, 5.74) is 1.66. The summed E-state index contributed by atoms with van der Waals surface area (Å²) in [6.07, 6.45) is 1.46. The highest BCUT2D eigenvalue weighted by Gasteiger charge is 2.14. The van der Waals surface area contributed by atoms with Crippen LogP contribution in [0.3, 0.4) is 0 Å². The van der Waals surface area contributed by atoms with Crippen LogP contribution in [0.15, 0.2) is 48.2 Å². The van der Waals surface area contributed by atoms with Gasteiger partial charge in [-0.1, -0.05) is 18.2 Å². The molecule has 0 atom stereocenters. The van der Waals surface area contributed by atoms with Gasteiger partial charge in [0.05, 0.1) is 13.7 Å². The first-order valence-electron chi connectivity index (χ1n) is 8.69. The van der Waals surface area contributed by atoms with Crippen LogP contribution in [0.1, 0.15) is 25.0 Å². The van der Waals surface area contributed by atoms with Gasteiger partial charge in [0.2, 0.25) is 5.91 Å². The number of amides is 2. The van der Waals surface area contributed by atoms with Crippen molar-refractivity contribution in [3.8, 4) is 11.5 Å². The number of methoxy groups -OCH3 is 1. The van der Waals surface area contributed by atoms with E-state index in [4.69, 9.17) is 9.47 Å². The second-order valence-corrected chi connectivity index (χ2v) is 6.06. The largest absolute Gasteiger partial charge is 0.493 e. The Kier molecular flexibility index (Phi) is 7.50. The standard InChI is InChI=1S/C21H22N2O6/c1-13(25)22-18(21(27)23-17-6-4-5-16(9-17)12-24)10-15-7-8-19(29-14(2)26)20(11-15)28-3/h4-11,24H,12H2,1-3H3,(H,22,25)(H,23,27)/b18-10+. The molecule has 0 saturated carbocycles. The van der Waals surface area contributed by atoms with Gasteiger partial charge in [0, 0.05) is 19.5 Å². The van der Waals surface area contributed by atoms with Gasteiger partial charge in [0.25, 0.3) is 5.91 Å². The predicted octanol–water partition coefficient (Wildman–Crippen LogP) is 2.23. The van der Waals surface area contributed by atoms with Crippen molar-refractivity contribution in [1.82, 2.24) is 5.32 Å². The van der Waals surface area contributed by atoms with Crippen molar-refractivity contribution in [2.24, 2.45) is 0 Å². The van der Waals surface area contributed by atoms with Crippen LogP contribution < -0.4 is 20.1 Å². The van der Waals surface area contributed by atoms with E-state index in [1.165, 1.54) is 33.1 Å². The number of rotatable bonds is 7. The number of esters is 1. The van der Waals surface area contributed by atoms with Crippen molar-refractivity contribution in [1.29, 1.82) is 0 Å². The Morgan fingerprint density at radius 3 is 2.45 bits per heavy atom. The minimum absolute atomic E-state index is 0.00851. The third-order valence-corrected chi connectivity index (χ3v) is 3.68. The van der Waals surface area contributed by atoms with Crippen LogP contribution in [0, 0.1) is 0 Å². The van der Waals surface area contributed by atoms with Gasteiger partial charge < -0.3 is 25.2 Å². The Labute approximate surface area is 168 Å². The minimum Gasteiger partial charge on any atom is -0.493 e. The van der Waals surface area contributed by atoms with E-state index in [0.717, 1.165) is 0 Å². The maximum Gasteiger partial charge on any atom is 0.308 e. The lowest BCUT2D eigenvalue weighted by molar-refractivity contribution is -0.132. The molecule has 0 radical (unpaired) electrons. The van der Waals surface area contributed by atoms with E-state index in [2.05, 4.69) is 10.6 Å². The molecule has 8 heteroatoms. The van der Waals surface area contributed by atoms with E-state index in [-0.39, 0.29) is 18.1 Å². The maximum absolute atomic E-state index is 12.7. The van der Waals surface area contributed by atoms with Gasteiger partial charge in [-0.05, 0) is 41.5 Å². The number of benzene rings is 2. The number of hydrogen-bond acceptors (Lipinski definition) is 6. The van der Waals surface area contributed by atoms with E-state index in [1.54, 1.807) is 36.4 Å². The summed E-state index contributed by atoms with van der Waals surface area (Å²) in [6, 6.07) is 11.4. The first kappa shape index (κ1) is 21.6. The molecule has 2 aromatic rings. The molecule has 3 N–H and O–H groups in total. The fourth-order valence-electron chi connectivity index (χ4n) is 2.47. The summed E-state index contributed by atoms with van der Waals surface area (Å²) in [5.74, 6) is -0.914. The Bertz CT molecular complexity index is 952. The molecule has 0 heterocycles. The van der Waals surface area contributed by atoms with Crippen LogP contribution in [0.25, 0.3) is 6.08 Å². The second kappa shape index (κ2) is 10.0. The van der Waals surface area contributed by atoms with Crippen LogP contribution in [0.5, 0.6) is 11.5 Å². The fourth-order valence-corrected chi connectivity index (χ4v) is 2.47. The topological polar surface area (TPSA) is 114 Å². The second-order valence-electron chi connectivity index (χ2n) is 6.06. The molecule has 0 aromatic heterocycles. The Morgan fingerprint density at radius 1 is 1.07 bits per heavy atom. The summed E-state index contributed by atoms with van der Waals surface area (Å²) in [6.45, 7) is 2.41. The third kappa shape index (κ3) is 6.47. The maximum atomic E-state index is 12.7. The lowest BCUT2D eigenvalue weighted by atomic mass is 10.1. The lowest BCUT2D eigenvalue weighted by Crippen LogP contribution is -2.29. The first-order valence-corrected chi connectivity index (χ1v) is 8.69. The number of aliphatic hydroxyl groups excluding tert-OH is 1. The van der Waals surface area contributed by atoms with Gasteiger partial charge in [-0.25, -0.2) is 0 Å². The first-order chi connectivity index (χ1) is 13.8. The quantitative estimate of drug-likeness (QED) is 0.374. The highest BCUT2D eigenvalue weighted by Crippen LogP contribution is 2.29. The molecule has 0 saturated heterocycles. The molecular weight excluding hydrogens is 376 g/mol. The zero-order valence-electron chi connectivity index (χ0n) is 16.3. The van der Waals surface area contributed by atoms with E-state index < -0.39 is 17.8 Å². The molecule has 0 fully saturated rings. The average Bonchev–Trinajstić information content (AvgIpc) is 2.68. The molecule has 8 nitrogen and oxygen atoms in total. The van der Waals surface area contributed by atoms with E-state index in [9.17, 15) is 19.5 Å². The van der Waals surface area contributed by atoms with Crippen molar-refractivity contribution in [3.63, 3.8) is 0 Å². The molecule has 0 aliphatic rings. The molecule has 2 amide bonds. The van der Waals surface area contributed by atoms with E-state index in [0.29, 0.717) is 22.6 Å². The summed E-state index contributed by atoms with van der Waals surface area (Å²) >= 11 is 0. The van der Waals surface area contributed by atoms with Crippen LogP contribution in [-0.2, 0) is 21.0 Å². The van der Waals surface area contributed by atoms with Gasteiger partial charge in [0.1, 0.15) is 5.70 Å². The number of anilines is 1. The van der Waals surface area contributed by atoms with Crippen LogP contribution in [0.4, 0.5) is 5.69 Å². The van der Waals surface area contributed by atoms with Crippen molar-refractivity contribution in [2.45, 2.75) is 20.5 Å². The molecule has 0 aliphatic carbocycles. The van der Waals surface area contributed by atoms with Crippen LogP contribution in [-0.4, -0.2) is 30.0 Å². The van der Waals surface area contributed by atoms with E-state index >= 15 is 0 Å². The summed E-state index contributed by atoms with van der Waals surface area (Å²) in [4.78, 5) is 35.4. The molecule has 0 unspecified atom stereocenters. The minimum atomic E-state index is -0.543. The van der Waals surface area contributed by atoms with Gasteiger partial charge >= 0.3 is 5.97 Å². The van der Waals surface area contributed by atoms with Crippen molar-refractivity contribution in [2.75, 3.05) is 12.4 Å². The summed E-state index contributed by atoms with van der Waals surface area (Å²) in [5, 5.41) is 14.4. The zero-order valence-corrected chi connectivity index (χ0v) is 16.3. The number of nitrogens with one attached hydrogen (secondary N) is 2. The fraction of sp³-hybridized carbons (Fsp3) is 0.190. The molecule has 2 aromatic carbocycles.